The maximum absolute atomic E-state index is 11.5. The number of carbonyl (C=O) groups is 3. The monoisotopic (exact) mass is 262 g/mol. The Morgan fingerprint density at radius 1 is 1.22 bits per heavy atom. The van der Waals surface area contributed by atoms with Gasteiger partial charge in [0.15, 0.2) is 0 Å². The third-order valence-corrected chi connectivity index (χ3v) is 2.23. The Hall–Kier alpha value is -1.63. The number of rotatable bonds is 6. The molecule has 7 heteroatoms. The number of carbonyl (C=O) groups excluding carboxylic acids is 3. The molecular weight excluding hydrogens is 244 g/mol. The van der Waals surface area contributed by atoms with Crippen LogP contribution in [0, 0.1) is 0 Å². The smallest absolute Gasteiger partial charge is 0.350 e. The molecule has 0 radical (unpaired) electrons. The quantitative estimate of drug-likeness (QED) is 0.522. The van der Waals surface area contributed by atoms with E-state index in [1.165, 1.54) is 0 Å². The summed E-state index contributed by atoms with van der Waals surface area (Å²) in [5, 5.41) is 9.91. The molecule has 0 aliphatic heterocycles. The number of esters is 3. The van der Waals surface area contributed by atoms with E-state index in [4.69, 9.17) is 4.74 Å². The molecule has 0 bridgehead atoms. The van der Waals surface area contributed by atoms with Crippen LogP contribution >= 0.6 is 0 Å². The highest BCUT2D eigenvalue weighted by atomic mass is 16.6. The Morgan fingerprint density at radius 3 is 2.17 bits per heavy atom. The first-order valence-corrected chi connectivity index (χ1v) is 5.39. The van der Waals surface area contributed by atoms with E-state index in [0.717, 1.165) is 21.1 Å². The molecule has 7 nitrogen and oxygen atoms in total. The highest BCUT2D eigenvalue weighted by molar-refractivity contribution is 5.90. The SMILES string of the molecule is CCCC(=O)O[C@H](C(=O)OC)[C@@](C)(O)C(=O)OC. The second kappa shape index (κ2) is 6.95. The van der Waals surface area contributed by atoms with Crippen LogP contribution in [0.3, 0.4) is 0 Å². The van der Waals surface area contributed by atoms with Gasteiger partial charge in [0.05, 0.1) is 14.2 Å². The van der Waals surface area contributed by atoms with Gasteiger partial charge >= 0.3 is 17.9 Å². The molecule has 0 heterocycles. The van der Waals surface area contributed by atoms with E-state index in [0.29, 0.717) is 6.42 Å². The van der Waals surface area contributed by atoms with Crippen LogP contribution in [-0.4, -0.2) is 48.9 Å². The molecule has 2 atom stereocenters. The van der Waals surface area contributed by atoms with Crippen molar-refractivity contribution < 1.29 is 33.7 Å². The average molecular weight is 262 g/mol. The van der Waals surface area contributed by atoms with Crippen LogP contribution < -0.4 is 0 Å². The number of hydrogen-bond donors (Lipinski definition) is 1. The maximum atomic E-state index is 11.5. The molecule has 0 amide bonds. The summed E-state index contributed by atoms with van der Waals surface area (Å²) in [5.41, 5.74) is -2.30. The van der Waals surface area contributed by atoms with E-state index in [-0.39, 0.29) is 6.42 Å². The first kappa shape index (κ1) is 16.4. The van der Waals surface area contributed by atoms with Crippen molar-refractivity contribution in [3.05, 3.63) is 0 Å². The van der Waals surface area contributed by atoms with Crippen molar-refractivity contribution in [3.8, 4) is 0 Å². The molecule has 0 aromatic carbocycles. The fourth-order valence-corrected chi connectivity index (χ4v) is 1.21. The molecule has 0 fully saturated rings. The summed E-state index contributed by atoms with van der Waals surface area (Å²) in [6.45, 7) is 2.76. The second-order valence-corrected chi connectivity index (χ2v) is 3.78. The third kappa shape index (κ3) is 3.99. The number of hydrogen-bond acceptors (Lipinski definition) is 7. The van der Waals surface area contributed by atoms with Crippen LogP contribution in [0.1, 0.15) is 26.7 Å². The molecule has 0 unspecified atom stereocenters. The first-order valence-electron chi connectivity index (χ1n) is 5.39. The summed E-state index contributed by atoms with van der Waals surface area (Å²) in [7, 11) is 2.09. The lowest BCUT2D eigenvalue weighted by molar-refractivity contribution is -0.194. The summed E-state index contributed by atoms with van der Waals surface area (Å²) in [4.78, 5) is 34.2. The van der Waals surface area contributed by atoms with Crippen LogP contribution in [0.2, 0.25) is 0 Å². The zero-order valence-corrected chi connectivity index (χ0v) is 10.9. The fraction of sp³-hybridized carbons (Fsp3) is 0.727. The minimum Gasteiger partial charge on any atom is -0.467 e. The zero-order chi connectivity index (χ0) is 14.3. The molecule has 0 saturated heterocycles. The normalized spacial score (nSPS) is 15.2. The Kier molecular flexibility index (Phi) is 6.32. The Morgan fingerprint density at radius 2 is 1.78 bits per heavy atom. The largest absolute Gasteiger partial charge is 0.467 e. The van der Waals surface area contributed by atoms with Gasteiger partial charge in [-0.3, -0.25) is 4.79 Å². The van der Waals surface area contributed by atoms with Crippen molar-refractivity contribution in [2.75, 3.05) is 14.2 Å². The third-order valence-electron chi connectivity index (χ3n) is 2.23. The van der Waals surface area contributed by atoms with Gasteiger partial charge in [0, 0.05) is 6.42 Å². The molecule has 1 N–H and O–H groups in total. The van der Waals surface area contributed by atoms with Crippen molar-refractivity contribution in [2.45, 2.75) is 38.4 Å². The van der Waals surface area contributed by atoms with E-state index in [1.807, 2.05) is 0 Å². The predicted octanol–water partition coefficient (Wildman–Crippen LogP) is -0.205. The van der Waals surface area contributed by atoms with Gasteiger partial charge in [-0.05, 0) is 13.3 Å². The van der Waals surface area contributed by atoms with Gasteiger partial charge in [0.1, 0.15) is 0 Å². The Balaban J connectivity index is 5.05. The summed E-state index contributed by atoms with van der Waals surface area (Å²) in [5.74, 6) is -2.84. The van der Waals surface area contributed by atoms with Crippen LogP contribution in [-0.2, 0) is 28.6 Å². The molecule has 18 heavy (non-hydrogen) atoms. The molecule has 0 aliphatic carbocycles. The van der Waals surface area contributed by atoms with Gasteiger partial charge in [-0.15, -0.1) is 0 Å². The van der Waals surface area contributed by atoms with Crippen molar-refractivity contribution in [1.82, 2.24) is 0 Å². The molecule has 0 rings (SSSR count). The summed E-state index contributed by atoms with van der Waals surface area (Å²) in [6, 6.07) is 0. The molecule has 0 spiro atoms. The van der Waals surface area contributed by atoms with E-state index in [2.05, 4.69) is 9.47 Å². The molecule has 0 saturated carbocycles. The van der Waals surface area contributed by atoms with Crippen LogP contribution in [0.5, 0.6) is 0 Å². The summed E-state index contributed by atoms with van der Waals surface area (Å²) in [6.07, 6.45) is -1.19. The van der Waals surface area contributed by atoms with Crippen LogP contribution in [0.4, 0.5) is 0 Å². The van der Waals surface area contributed by atoms with Crippen molar-refractivity contribution in [3.63, 3.8) is 0 Å². The molecule has 0 aromatic heterocycles. The standard InChI is InChI=1S/C11H18O7/c1-5-6-7(12)18-8(9(13)16-3)11(2,15)10(14)17-4/h8,15H,5-6H2,1-4H3/t8-,11-/m1/s1. The summed E-state index contributed by atoms with van der Waals surface area (Å²) < 4.78 is 13.5. The minimum atomic E-state index is -2.30. The summed E-state index contributed by atoms with van der Waals surface area (Å²) >= 11 is 0. The van der Waals surface area contributed by atoms with Gasteiger partial charge in [-0.2, -0.15) is 0 Å². The van der Waals surface area contributed by atoms with E-state index in [1.54, 1.807) is 6.92 Å². The maximum Gasteiger partial charge on any atom is 0.350 e. The molecule has 104 valence electrons. The van der Waals surface area contributed by atoms with Gasteiger partial charge in [-0.1, -0.05) is 6.92 Å². The van der Waals surface area contributed by atoms with Crippen LogP contribution in [0.25, 0.3) is 0 Å². The highest BCUT2D eigenvalue weighted by Gasteiger charge is 2.48. The lowest BCUT2D eigenvalue weighted by Crippen LogP contribution is -2.54. The average Bonchev–Trinajstić information content (AvgIpc) is 2.34. The second-order valence-electron chi connectivity index (χ2n) is 3.78. The van der Waals surface area contributed by atoms with E-state index < -0.39 is 29.6 Å². The van der Waals surface area contributed by atoms with Crippen molar-refractivity contribution >= 4 is 17.9 Å². The molecule has 0 aromatic rings. The fourth-order valence-electron chi connectivity index (χ4n) is 1.21. The van der Waals surface area contributed by atoms with Gasteiger partial charge in [-0.25, -0.2) is 9.59 Å². The lowest BCUT2D eigenvalue weighted by atomic mass is 9.99. The first-order chi connectivity index (χ1) is 8.31. The van der Waals surface area contributed by atoms with E-state index >= 15 is 0 Å². The molecule has 0 aliphatic rings. The predicted molar refractivity (Wildman–Crippen MR) is 59.4 cm³/mol. The van der Waals surface area contributed by atoms with Crippen molar-refractivity contribution in [1.29, 1.82) is 0 Å². The number of aliphatic hydroxyl groups is 1. The topological polar surface area (TPSA) is 99.1 Å². The van der Waals surface area contributed by atoms with Gasteiger partial charge < -0.3 is 19.3 Å². The van der Waals surface area contributed by atoms with E-state index in [9.17, 15) is 19.5 Å². The van der Waals surface area contributed by atoms with Gasteiger partial charge in [0.2, 0.25) is 11.7 Å². The number of ether oxygens (including phenoxy) is 3. The molecular formula is C11H18O7. The Labute approximate surface area is 105 Å². The lowest BCUT2D eigenvalue weighted by Gasteiger charge is -2.27. The van der Waals surface area contributed by atoms with Crippen molar-refractivity contribution in [2.24, 2.45) is 0 Å². The number of methoxy groups -OCH3 is 2. The van der Waals surface area contributed by atoms with Crippen LogP contribution in [0.15, 0.2) is 0 Å². The van der Waals surface area contributed by atoms with Gasteiger partial charge in [0.25, 0.3) is 0 Å². The minimum absolute atomic E-state index is 0.0603. The highest BCUT2D eigenvalue weighted by Crippen LogP contribution is 2.18. The zero-order valence-electron chi connectivity index (χ0n) is 10.9. The Bertz CT molecular complexity index is 321.